The first-order valence-electron chi connectivity index (χ1n) is 7.17. The van der Waals surface area contributed by atoms with E-state index in [2.05, 4.69) is 20.7 Å². The Kier molecular flexibility index (Phi) is 4.30. The van der Waals surface area contributed by atoms with Gasteiger partial charge in [0.1, 0.15) is 0 Å². The van der Waals surface area contributed by atoms with Crippen LogP contribution < -0.4 is 10.6 Å². The highest BCUT2D eigenvalue weighted by molar-refractivity contribution is 7.17. The summed E-state index contributed by atoms with van der Waals surface area (Å²) in [5, 5.41) is 10.8. The Morgan fingerprint density at radius 1 is 1.50 bits per heavy atom. The second kappa shape index (κ2) is 6.37. The number of hydrogen-bond donors (Lipinski definition) is 2. The van der Waals surface area contributed by atoms with Gasteiger partial charge in [0.25, 0.3) is 5.91 Å². The Morgan fingerprint density at radius 3 is 3.05 bits per heavy atom. The number of thiazole rings is 1. The fraction of sp³-hybridized carbons (Fsp3) is 0.429. The van der Waals surface area contributed by atoms with Crippen molar-refractivity contribution in [1.29, 1.82) is 0 Å². The molecule has 0 radical (unpaired) electrons. The van der Waals surface area contributed by atoms with E-state index in [9.17, 15) is 9.59 Å². The van der Waals surface area contributed by atoms with Crippen LogP contribution in [0, 0.1) is 0 Å². The lowest BCUT2D eigenvalue weighted by Crippen LogP contribution is -2.32. The first-order chi connectivity index (χ1) is 10.6. The molecule has 1 saturated heterocycles. The molecule has 0 spiro atoms. The van der Waals surface area contributed by atoms with Crippen molar-refractivity contribution >= 4 is 28.2 Å². The van der Waals surface area contributed by atoms with E-state index in [4.69, 9.17) is 0 Å². The summed E-state index contributed by atoms with van der Waals surface area (Å²) in [7, 11) is 0. The summed E-state index contributed by atoms with van der Waals surface area (Å²) in [6.45, 7) is 3.38. The molecule has 1 aliphatic heterocycles. The van der Waals surface area contributed by atoms with Gasteiger partial charge in [0, 0.05) is 19.7 Å². The lowest BCUT2D eigenvalue weighted by atomic mass is 10.1. The average molecular weight is 319 g/mol. The van der Waals surface area contributed by atoms with Crippen LogP contribution in [0.5, 0.6) is 0 Å². The summed E-state index contributed by atoms with van der Waals surface area (Å²) < 4.78 is 1.84. The van der Waals surface area contributed by atoms with Crippen LogP contribution in [0.3, 0.4) is 0 Å². The number of anilines is 1. The van der Waals surface area contributed by atoms with Crippen molar-refractivity contribution in [2.45, 2.75) is 25.8 Å². The normalized spacial score (nSPS) is 18.1. The maximum absolute atomic E-state index is 12.2. The molecular weight excluding hydrogens is 302 g/mol. The lowest BCUT2D eigenvalue weighted by Gasteiger charge is -2.22. The number of nitrogens with zero attached hydrogens (tertiary/aromatic N) is 3. The molecule has 3 rings (SSSR count). The van der Waals surface area contributed by atoms with Crippen LogP contribution in [0.4, 0.5) is 5.13 Å². The molecule has 116 valence electrons. The van der Waals surface area contributed by atoms with Crippen molar-refractivity contribution in [1.82, 2.24) is 20.1 Å². The summed E-state index contributed by atoms with van der Waals surface area (Å²) in [6.07, 6.45) is 5.47. The van der Waals surface area contributed by atoms with E-state index in [0.717, 1.165) is 37.3 Å². The molecular formula is C14H17N5O2S. The van der Waals surface area contributed by atoms with E-state index in [0.29, 0.717) is 21.7 Å². The summed E-state index contributed by atoms with van der Waals surface area (Å²) >= 11 is 1.16. The Hall–Kier alpha value is -2.06. The molecule has 0 bridgehead atoms. The van der Waals surface area contributed by atoms with Gasteiger partial charge in [-0.1, -0.05) is 11.3 Å². The van der Waals surface area contributed by atoms with Crippen molar-refractivity contribution in [2.75, 3.05) is 18.4 Å². The molecule has 0 aliphatic carbocycles. The number of Topliss-reactive ketones (excluding diaryl/α,β-unsaturated/α-hetero) is 1. The minimum Gasteiger partial charge on any atom is -0.315 e. The molecule has 2 aromatic heterocycles. The Bertz CT molecular complexity index is 687. The summed E-state index contributed by atoms with van der Waals surface area (Å²) in [4.78, 5) is 27.9. The van der Waals surface area contributed by atoms with Crippen LogP contribution >= 0.6 is 11.3 Å². The Morgan fingerprint density at radius 2 is 2.36 bits per heavy atom. The van der Waals surface area contributed by atoms with E-state index in [-0.39, 0.29) is 11.7 Å². The van der Waals surface area contributed by atoms with Gasteiger partial charge in [0.2, 0.25) is 0 Å². The molecule has 22 heavy (non-hydrogen) atoms. The summed E-state index contributed by atoms with van der Waals surface area (Å²) in [6, 6.07) is 1.99. The summed E-state index contributed by atoms with van der Waals surface area (Å²) in [5.41, 5.74) is 0.352. The second-order valence-corrected chi connectivity index (χ2v) is 6.25. The third kappa shape index (κ3) is 3.23. The van der Waals surface area contributed by atoms with Gasteiger partial charge >= 0.3 is 0 Å². The fourth-order valence-corrected chi connectivity index (χ4v) is 3.08. The van der Waals surface area contributed by atoms with Crippen LogP contribution in [-0.4, -0.2) is 39.5 Å². The van der Waals surface area contributed by atoms with E-state index in [1.165, 1.54) is 13.1 Å². The van der Waals surface area contributed by atoms with Crippen LogP contribution in [0.1, 0.15) is 46.0 Å². The number of carbonyl (C=O) groups excluding carboxylic acids is 2. The van der Waals surface area contributed by atoms with Gasteiger partial charge in [-0.2, -0.15) is 5.10 Å². The molecule has 3 heterocycles. The smallest absolute Gasteiger partial charge is 0.277 e. The van der Waals surface area contributed by atoms with Crippen LogP contribution in [0.2, 0.25) is 0 Å². The molecule has 2 aromatic rings. The molecule has 1 aliphatic rings. The van der Waals surface area contributed by atoms with E-state index in [1.807, 2.05) is 10.9 Å². The van der Waals surface area contributed by atoms with Crippen LogP contribution in [-0.2, 0) is 0 Å². The van der Waals surface area contributed by atoms with Crippen molar-refractivity contribution in [3.05, 3.63) is 29.0 Å². The maximum Gasteiger partial charge on any atom is 0.277 e. The number of amides is 1. The molecule has 1 atom stereocenters. The average Bonchev–Trinajstić information content (AvgIpc) is 3.17. The number of carbonyl (C=O) groups is 2. The van der Waals surface area contributed by atoms with Gasteiger partial charge in [-0.15, -0.1) is 0 Å². The first kappa shape index (κ1) is 14.9. The number of hydrogen-bond acceptors (Lipinski definition) is 6. The predicted octanol–water partition coefficient (Wildman–Crippen LogP) is 1.72. The second-order valence-electron chi connectivity index (χ2n) is 5.22. The van der Waals surface area contributed by atoms with Crippen molar-refractivity contribution in [3.8, 4) is 0 Å². The van der Waals surface area contributed by atoms with E-state index in [1.54, 1.807) is 6.07 Å². The fourth-order valence-electron chi connectivity index (χ4n) is 2.38. The minimum atomic E-state index is -0.313. The largest absolute Gasteiger partial charge is 0.315 e. The van der Waals surface area contributed by atoms with Crippen molar-refractivity contribution in [3.63, 3.8) is 0 Å². The molecule has 1 fully saturated rings. The topological polar surface area (TPSA) is 88.9 Å². The molecule has 0 saturated carbocycles. The number of nitrogens with one attached hydrogen (secondary N) is 2. The van der Waals surface area contributed by atoms with Crippen molar-refractivity contribution < 1.29 is 9.59 Å². The minimum absolute atomic E-state index is 0.0629. The zero-order chi connectivity index (χ0) is 15.5. The molecule has 7 nitrogen and oxygen atoms in total. The molecule has 1 amide bonds. The SMILES string of the molecule is CC(=O)c1cnc(NC(=O)c2ccn(C3CCCNC3)n2)s1. The zero-order valence-electron chi connectivity index (χ0n) is 12.2. The molecule has 8 heteroatoms. The van der Waals surface area contributed by atoms with Gasteiger partial charge in [0.05, 0.1) is 17.1 Å². The van der Waals surface area contributed by atoms with Gasteiger partial charge in [-0.05, 0) is 25.5 Å². The highest BCUT2D eigenvalue weighted by Gasteiger charge is 2.18. The number of rotatable bonds is 4. The maximum atomic E-state index is 12.2. The molecule has 2 N–H and O–H groups in total. The van der Waals surface area contributed by atoms with Gasteiger partial charge < -0.3 is 5.32 Å². The number of aromatic nitrogens is 3. The monoisotopic (exact) mass is 319 g/mol. The van der Waals surface area contributed by atoms with Crippen molar-refractivity contribution in [2.24, 2.45) is 0 Å². The van der Waals surface area contributed by atoms with Crippen LogP contribution in [0.15, 0.2) is 18.5 Å². The summed E-state index contributed by atoms with van der Waals surface area (Å²) in [5.74, 6) is -0.376. The van der Waals surface area contributed by atoms with E-state index >= 15 is 0 Å². The van der Waals surface area contributed by atoms with E-state index < -0.39 is 0 Å². The van der Waals surface area contributed by atoms with Crippen LogP contribution in [0.25, 0.3) is 0 Å². The zero-order valence-corrected chi connectivity index (χ0v) is 13.0. The molecule has 1 unspecified atom stereocenters. The standard InChI is InChI=1S/C14H17N5O2S/c1-9(20)12-8-16-14(22-12)17-13(21)11-4-6-19(18-11)10-3-2-5-15-7-10/h4,6,8,10,15H,2-3,5,7H2,1H3,(H,16,17,21). The van der Waals surface area contributed by atoms with Gasteiger partial charge in [-0.3, -0.25) is 19.6 Å². The predicted molar refractivity (Wildman–Crippen MR) is 83.4 cm³/mol. The number of ketones is 1. The quantitative estimate of drug-likeness (QED) is 0.838. The Balaban J connectivity index is 1.66. The highest BCUT2D eigenvalue weighted by atomic mass is 32.1. The first-order valence-corrected chi connectivity index (χ1v) is 7.99. The third-order valence-electron chi connectivity index (χ3n) is 3.56. The molecule has 0 aromatic carbocycles. The lowest BCUT2D eigenvalue weighted by molar-refractivity contribution is 0.101. The number of piperidine rings is 1. The Labute approximate surface area is 131 Å². The highest BCUT2D eigenvalue weighted by Crippen LogP contribution is 2.20. The van der Waals surface area contributed by atoms with Gasteiger partial charge in [0.15, 0.2) is 16.6 Å². The third-order valence-corrected chi connectivity index (χ3v) is 4.57. The van der Waals surface area contributed by atoms with Gasteiger partial charge in [-0.25, -0.2) is 4.98 Å².